The summed E-state index contributed by atoms with van der Waals surface area (Å²) >= 11 is 0. The maximum atomic E-state index is 13.8. The van der Waals surface area contributed by atoms with Gasteiger partial charge in [0.05, 0.1) is 39.3 Å². The molecule has 2 aliphatic heterocycles. The Balaban J connectivity index is 1.63. The SMILES string of the molecule is Cc1ccc([C@@H]2C[C@@H](C(F)(F)F)n3nc(C(=O)N4CC[NH+](C)CC4)cc3N2)cc1. The van der Waals surface area contributed by atoms with E-state index in [1.807, 2.05) is 31.2 Å². The van der Waals surface area contributed by atoms with Crippen LogP contribution in [0.2, 0.25) is 0 Å². The van der Waals surface area contributed by atoms with Crippen molar-refractivity contribution < 1.29 is 22.9 Å². The maximum absolute atomic E-state index is 13.8. The van der Waals surface area contributed by atoms with Crippen LogP contribution < -0.4 is 10.2 Å². The number of nitrogens with zero attached hydrogens (tertiary/aromatic N) is 3. The van der Waals surface area contributed by atoms with E-state index >= 15 is 0 Å². The van der Waals surface area contributed by atoms with Crippen molar-refractivity contribution in [2.75, 3.05) is 38.5 Å². The number of amides is 1. The highest BCUT2D eigenvalue weighted by atomic mass is 19.4. The van der Waals surface area contributed by atoms with Crippen LogP contribution in [0.15, 0.2) is 30.3 Å². The number of alkyl halides is 3. The molecule has 2 N–H and O–H groups in total. The van der Waals surface area contributed by atoms with Crippen molar-refractivity contribution >= 4 is 11.7 Å². The number of fused-ring (bicyclic) bond motifs is 1. The summed E-state index contributed by atoms with van der Waals surface area (Å²) in [6, 6.07) is 6.62. The minimum atomic E-state index is -4.46. The summed E-state index contributed by atoms with van der Waals surface area (Å²) in [4.78, 5) is 15.8. The summed E-state index contributed by atoms with van der Waals surface area (Å²) in [6.07, 6.45) is -4.63. The van der Waals surface area contributed by atoms with Gasteiger partial charge in [0.1, 0.15) is 5.82 Å². The van der Waals surface area contributed by atoms with Crippen molar-refractivity contribution in [3.8, 4) is 0 Å². The molecule has 0 aliphatic carbocycles. The molecule has 29 heavy (non-hydrogen) atoms. The molecule has 2 aromatic rings. The zero-order valence-electron chi connectivity index (χ0n) is 16.5. The number of likely N-dealkylation sites (N-methyl/N-ethyl adjacent to an activating group) is 1. The van der Waals surface area contributed by atoms with Crippen molar-refractivity contribution in [2.24, 2.45) is 0 Å². The number of anilines is 1. The summed E-state index contributed by atoms with van der Waals surface area (Å²) < 4.78 is 42.3. The Bertz CT molecular complexity index is 885. The van der Waals surface area contributed by atoms with Crippen LogP contribution in [-0.4, -0.2) is 60.0 Å². The molecule has 4 rings (SSSR count). The van der Waals surface area contributed by atoms with Gasteiger partial charge in [0, 0.05) is 12.5 Å². The quantitative estimate of drug-likeness (QED) is 0.797. The van der Waals surface area contributed by atoms with E-state index in [4.69, 9.17) is 0 Å². The van der Waals surface area contributed by atoms with Crippen LogP contribution in [0.3, 0.4) is 0 Å². The summed E-state index contributed by atoms with van der Waals surface area (Å²) in [7, 11) is 2.06. The summed E-state index contributed by atoms with van der Waals surface area (Å²) in [5.41, 5.74) is 1.89. The molecule has 9 heteroatoms. The lowest BCUT2D eigenvalue weighted by molar-refractivity contribution is -0.883. The highest BCUT2D eigenvalue weighted by Gasteiger charge is 2.47. The number of hydrogen-bond acceptors (Lipinski definition) is 3. The molecule has 1 aromatic carbocycles. The van der Waals surface area contributed by atoms with Crippen LogP contribution in [-0.2, 0) is 0 Å². The molecule has 1 aromatic heterocycles. The third-order valence-electron chi connectivity index (χ3n) is 5.79. The van der Waals surface area contributed by atoms with E-state index in [2.05, 4.69) is 17.5 Å². The molecule has 0 bridgehead atoms. The highest BCUT2D eigenvalue weighted by molar-refractivity contribution is 5.93. The Morgan fingerprint density at radius 3 is 2.48 bits per heavy atom. The van der Waals surface area contributed by atoms with E-state index in [0.29, 0.717) is 13.1 Å². The molecular weight excluding hydrogens is 383 g/mol. The van der Waals surface area contributed by atoms with Crippen LogP contribution in [0, 0.1) is 6.92 Å². The molecule has 1 saturated heterocycles. The fourth-order valence-corrected chi connectivity index (χ4v) is 3.95. The maximum Gasteiger partial charge on any atom is 0.410 e. The van der Waals surface area contributed by atoms with Crippen molar-refractivity contribution in [3.05, 3.63) is 47.2 Å². The minimum absolute atomic E-state index is 0.0610. The number of aryl methyl sites for hydroxylation is 1. The largest absolute Gasteiger partial charge is 0.410 e. The number of nitrogens with one attached hydrogen (secondary N) is 2. The topological polar surface area (TPSA) is 54.6 Å². The van der Waals surface area contributed by atoms with Gasteiger partial charge < -0.3 is 15.1 Å². The Morgan fingerprint density at radius 1 is 1.21 bits per heavy atom. The smallest absolute Gasteiger partial charge is 0.363 e. The molecule has 156 valence electrons. The molecule has 2 aliphatic rings. The van der Waals surface area contributed by atoms with Crippen molar-refractivity contribution in [1.29, 1.82) is 0 Å². The molecule has 2 atom stereocenters. The van der Waals surface area contributed by atoms with Gasteiger partial charge in [-0.2, -0.15) is 18.3 Å². The molecule has 0 unspecified atom stereocenters. The van der Waals surface area contributed by atoms with Gasteiger partial charge in [0.25, 0.3) is 5.91 Å². The van der Waals surface area contributed by atoms with Gasteiger partial charge in [-0.3, -0.25) is 4.79 Å². The van der Waals surface area contributed by atoms with Gasteiger partial charge >= 0.3 is 6.18 Å². The standard InChI is InChI=1S/C20H24F3N5O/c1-13-3-5-14(6-4-13)15-11-17(20(21,22)23)28-18(24-15)12-16(25-28)19(29)27-9-7-26(2)8-10-27/h3-6,12,15,17,24H,7-11H2,1-2H3/p+1/t15-,17-/m0/s1. The lowest BCUT2D eigenvalue weighted by atomic mass is 9.96. The molecule has 3 heterocycles. The predicted molar refractivity (Wildman–Crippen MR) is 102 cm³/mol. The predicted octanol–water partition coefficient (Wildman–Crippen LogP) is 1.82. The normalized spacial score (nSPS) is 22.9. The van der Waals surface area contributed by atoms with Crippen LogP contribution in [0.4, 0.5) is 19.0 Å². The second kappa shape index (κ2) is 7.37. The molecular formula is C20H25F3N5O+. The van der Waals surface area contributed by atoms with Gasteiger partial charge in [0.15, 0.2) is 11.7 Å². The number of rotatable bonds is 2. The third-order valence-corrected chi connectivity index (χ3v) is 5.79. The Labute approximate surface area is 167 Å². The average molecular weight is 408 g/mol. The second-order valence-corrected chi connectivity index (χ2v) is 8.01. The van der Waals surface area contributed by atoms with Gasteiger partial charge in [-0.1, -0.05) is 29.8 Å². The van der Waals surface area contributed by atoms with Crippen molar-refractivity contribution in [3.63, 3.8) is 0 Å². The lowest BCUT2D eigenvalue weighted by Gasteiger charge is -2.33. The number of aromatic nitrogens is 2. The first kappa shape index (κ1) is 19.8. The Hall–Kier alpha value is -2.55. The number of benzene rings is 1. The minimum Gasteiger partial charge on any atom is -0.363 e. The van der Waals surface area contributed by atoms with E-state index in [9.17, 15) is 18.0 Å². The summed E-state index contributed by atoms with van der Waals surface area (Å²) in [6.45, 7) is 4.73. The molecule has 1 fully saturated rings. The van der Waals surface area contributed by atoms with Gasteiger partial charge in [0.2, 0.25) is 0 Å². The molecule has 6 nitrogen and oxygen atoms in total. The van der Waals surface area contributed by atoms with Crippen molar-refractivity contribution in [1.82, 2.24) is 14.7 Å². The summed E-state index contributed by atoms with van der Waals surface area (Å²) in [5, 5.41) is 7.22. The number of hydrogen-bond donors (Lipinski definition) is 2. The number of carbonyl (C=O) groups excluding carboxylic acids is 1. The third kappa shape index (κ3) is 3.96. The molecule has 0 saturated carbocycles. The van der Waals surface area contributed by atoms with Crippen LogP contribution >= 0.6 is 0 Å². The highest BCUT2D eigenvalue weighted by Crippen LogP contribution is 2.43. The fraction of sp³-hybridized carbons (Fsp3) is 0.500. The van der Waals surface area contributed by atoms with E-state index in [1.165, 1.54) is 11.0 Å². The lowest BCUT2D eigenvalue weighted by Crippen LogP contribution is -3.12. The number of quaternary nitrogens is 1. The molecule has 0 spiro atoms. The van der Waals surface area contributed by atoms with E-state index in [-0.39, 0.29) is 23.8 Å². The van der Waals surface area contributed by atoms with Gasteiger partial charge in [-0.05, 0) is 12.5 Å². The van der Waals surface area contributed by atoms with E-state index in [0.717, 1.165) is 28.9 Å². The van der Waals surface area contributed by atoms with Crippen LogP contribution in [0.25, 0.3) is 0 Å². The van der Waals surface area contributed by atoms with E-state index in [1.54, 1.807) is 4.90 Å². The molecule has 1 amide bonds. The first-order valence-electron chi connectivity index (χ1n) is 9.82. The number of piperazine rings is 1. The zero-order chi connectivity index (χ0) is 20.8. The monoisotopic (exact) mass is 408 g/mol. The zero-order valence-corrected chi connectivity index (χ0v) is 16.5. The summed E-state index contributed by atoms with van der Waals surface area (Å²) in [5.74, 6) is -0.0822. The number of halogens is 3. The van der Waals surface area contributed by atoms with Gasteiger partial charge in [-0.15, -0.1) is 0 Å². The van der Waals surface area contributed by atoms with Gasteiger partial charge in [-0.25, -0.2) is 4.68 Å². The average Bonchev–Trinajstić information content (AvgIpc) is 3.11. The Morgan fingerprint density at radius 2 is 1.86 bits per heavy atom. The first-order valence-corrected chi connectivity index (χ1v) is 9.82. The van der Waals surface area contributed by atoms with Crippen molar-refractivity contribution in [2.45, 2.75) is 31.6 Å². The first-order chi connectivity index (χ1) is 13.7. The fourth-order valence-electron chi connectivity index (χ4n) is 3.95. The van der Waals surface area contributed by atoms with Crippen LogP contribution in [0.5, 0.6) is 0 Å². The number of carbonyl (C=O) groups is 1. The van der Waals surface area contributed by atoms with E-state index < -0.39 is 18.3 Å². The Kier molecular flexibility index (Phi) is 5.02. The second-order valence-electron chi connectivity index (χ2n) is 8.01. The van der Waals surface area contributed by atoms with Crippen LogP contribution in [0.1, 0.15) is 40.1 Å². The molecule has 0 radical (unpaired) electrons.